The number of nitrogens with zero attached hydrogens (tertiary/aromatic N) is 2. The molecule has 1 aromatic heterocycles. The van der Waals surface area contributed by atoms with Crippen molar-refractivity contribution < 1.29 is 4.79 Å². The lowest BCUT2D eigenvalue weighted by molar-refractivity contribution is 0.0948. The highest BCUT2D eigenvalue weighted by Gasteiger charge is 2.09. The number of rotatable bonds is 7. The third kappa shape index (κ3) is 5.07. The van der Waals surface area contributed by atoms with Crippen molar-refractivity contribution >= 4 is 17.7 Å². The fraction of sp³-hybridized carbons (Fsp3) is 0.150. The van der Waals surface area contributed by atoms with Gasteiger partial charge in [0, 0.05) is 23.3 Å². The van der Waals surface area contributed by atoms with Crippen LogP contribution in [0.5, 0.6) is 0 Å². The lowest BCUT2D eigenvalue weighted by Crippen LogP contribution is -2.31. The van der Waals surface area contributed by atoms with Gasteiger partial charge in [-0.2, -0.15) is 5.10 Å². The maximum atomic E-state index is 12.3. The van der Waals surface area contributed by atoms with E-state index in [1.165, 1.54) is 16.8 Å². The summed E-state index contributed by atoms with van der Waals surface area (Å²) in [6.07, 6.45) is 0. The summed E-state index contributed by atoms with van der Waals surface area (Å²) in [6.45, 7) is 0.864. The van der Waals surface area contributed by atoms with E-state index in [1.807, 2.05) is 60.7 Å². The van der Waals surface area contributed by atoms with Gasteiger partial charge in [0.15, 0.2) is 0 Å². The summed E-state index contributed by atoms with van der Waals surface area (Å²) in [5, 5.41) is 7.03. The summed E-state index contributed by atoms with van der Waals surface area (Å²) in [5.74, 6) is 0.486. The Morgan fingerprint density at radius 3 is 2.38 bits per heavy atom. The molecule has 2 aromatic carbocycles. The van der Waals surface area contributed by atoms with E-state index >= 15 is 0 Å². The molecule has 132 valence electrons. The van der Waals surface area contributed by atoms with E-state index in [0.717, 1.165) is 16.2 Å². The number of carbonyl (C=O) groups excluding carboxylic acids is 1. The van der Waals surface area contributed by atoms with Gasteiger partial charge in [0.05, 0.1) is 6.54 Å². The summed E-state index contributed by atoms with van der Waals surface area (Å²) < 4.78 is 1.31. The highest BCUT2D eigenvalue weighted by atomic mass is 32.2. The molecule has 0 aliphatic carbocycles. The Morgan fingerprint density at radius 1 is 0.962 bits per heavy atom. The van der Waals surface area contributed by atoms with Crippen molar-refractivity contribution in [1.82, 2.24) is 15.1 Å². The van der Waals surface area contributed by atoms with E-state index in [9.17, 15) is 9.59 Å². The van der Waals surface area contributed by atoms with Crippen LogP contribution in [0.4, 0.5) is 0 Å². The third-order valence-electron chi connectivity index (χ3n) is 3.67. The van der Waals surface area contributed by atoms with Crippen LogP contribution < -0.4 is 10.9 Å². The molecule has 26 heavy (non-hydrogen) atoms. The second kappa shape index (κ2) is 9.01. The van der Waals surface area contributed by atoms with Crippen molar-refractivity contribution in [2.45, 2.75) is 11.4 Å². The molecule has 0 fully saturated rings. The average Bonchev–Trinajstić information content (AvgIpc) is 2.68. The predicted octanol–water partition coefficient (Wildman–Crippen LogP) is 2.81. The van der Waals surface area contributed by atoms with Gasteiger partial charge < -0.3 is 5.32 Å². The molecule has 0 aliphatic heterocycles. The van der Waals surface area contributed by atoms with Gasteiger partial charge in [-0.15, -0.1) is 11.8 Å². The van der Waals surface area contributed by atoms with Gasteiger partial charge >= 0.3 is 0 Å². The van der Waals surface area contributed by atoms with Gasteiger partial charge in [0.2, 0.25) is 0 Å². The number of thioether (sulfide) groups is 1. The Balaban J connectivity index is 1.57. The zero-order valence-corrected chi connectivity index (χ0v) is 15.0. The summed E-state index contributed by atoms with van der Waals surface area (Å²) in [7, 11) is 0. The number of benzene rings is 2. The van der Waals surface area contributed by atoms with Crippen molar-refractivity contribution in [1.29, 1.82) is 0 Å². The molecule has 0 bridgehead atoms. The number of aromatic nitrogens is 2. The van der Waals surface area contributed by atoms with Crippen molar-refractivity contribution in [2.24, 2.45) is 0 Å². The Labute approximate surface area is 156 Å². The number of nitrogens with one attached hydrogen (secondary N) is 1. The molecule has 0 saturated heterocycles. The number of hydrogen-bond acceptors (Lipinski definition) is 4. The summed E-state index contributed by atoms with van der Waals surface area (Å²) >= 11 is 1.67. The van der Waals surface area contributed by atoms with Gasteiger partial charge in [-0.1, -0.05) is 48.5 Å². The molecule has 6 heteroatoms. The van der Waals surface area contributed by atoms with Gasteiger partial charge in [-0.3, -0.25) is 9.59 Å². The molecule has 1 heterocycles. The first-order chi connectivity index (χ1) is 12.7. The first-order valence-corrected chi connectivity index (χ1v) is 9.29. The van der Waals surface area contributed by atoms with Crippen LogP contribution in [0.2, 0.25) is 0 Å². The van der Waals surface area contributed by atoms with Crippen LogP contribution in [0.3, 0.4) is 0 Å². The zero-order valence-electron chi connectivity index (χ0n) is 14.2. The predicted molar refractivity (Wildman–Crippen MR) is 104 cm³/mol. The minimum atomic E-state index is -0.277. The Morgan fingerprint density at radius 2 is 1.65 bits per heavy atom. The van der Waals surface area contributed by atoms with Gasteiger partial charge in [-0.05, 0) is 23.8 Å². The SMILES string of the molecule is O=C(NCCSc1ccccc1)c1ccc(=O)n(Cc2ccccc2)n1. The zero-order chi connectivity index (χ0) is 18.2. The maximum absolute atomic E-state index is 12.3. The van der Waals surface area contributed by atoms with Crippen molar-refractivity contribution in [3.05, 3.63) is 94.4 Å². The number of hydrogen-bond donors (Lipinski definition) is 1. The highest BCUT2D eigenvalue weighted by Crippen LogP contribution is 2.15. The van der Waals surface area contributed by atoms with Gasteiger partial charge in [-0.25, -0.2) is 4.68 Å². The van der Waals surface area contributed by atoms with Crippen LogP contribution in [0, 0.1) is 0 Å². The van der Waals surface area contributed by atoms with Crippen LogP contribution in [-0.4, -0.2) is 28.0 Å². The molecule has 0 radical (unpaired) electrons. The molecule has 1 amide bonds. The molecule has 3 aromatic rings. The van der Waals surface area contributed by atoms with Crippen LogP contribution in [0.25, 0.3) is 0 Å². The Bertz CT molecular complexity index is 911. The summed E-state index contributed by atoms with van der Waals surface area (Å²) in [5.41, 5.74) is 0.967. The van der Waals surface area contributed by atoms with E-state index in [4.69, 9.17) is 0 Å². The largest absolute Gasteiger partial charge is 0.350 e. The minimum Gasteiger partial charge on any atom is -0.350 e. The fourth-order valence-corrected chi connectivity index (χ4v) is 3.17. The quantitative estimate of drug-likeness (QED) is 0.517. The molecule has 0 saturated carbocycles. The summed E-state index contributed by atoms with van der Waals surface area (Å²) in [4.78, 5) is 25.4. The van der Waals surface area contributed by atoms with Crippen molar-refractivity contribution in [3.8, 4) is 0 Å². The molecular formula is C20H19N3O2S. The fourth-order valence-electron chi connectivity index (χ4n) is 2.38. The normalized spacial score (nSPS) is 10.5. The standard InChI is InChI=1S/C20H19N3O2S/c24-19-12-11-18(22-23(19)15-16-7-3-1-4-8-16)20(25)21-13-14-26-17-9-5-2-6-10-17/h1-12H,13-15H2,(H,21,25). The van der Waals surface area contributed by atoms with E-state index in [-0.39, 0.29) is 17.2 Å². The van der Waals surface area contributed by atoms with Crippen LogP contribution in [-0.2, 0) is 6.54 Å². The maximum Gasteiger partial charge on any atom is 0.271 e. The number of amides is 1. The van der Waals surface area contributed by atoms with Crippen LogP contribution >= 0.6 is 11.8 Å². The van der Waals surface area contributed by atoms with E-state index < -0.39 is 0 Å². The molecule has 5 nitrogen and oxygen atoms in total. The minimum absolute atomic E-state index is 0.231. The molecule has 0 aliphatic rings. The van der Waals surface area contributed by atoms with Gasteiger partial charge in [0.1, 0.15) is 5.69 Å². The third-order valence-corrected chi connectivity index (χ3v) is 4.69. The van der Waals surface area contributed by atoms with E-state index in [1.54, 1.807) is 11.8 Å². The number of carbonyl (C=O) groups is 1. The van der Waals surface area contributed by atoms with E-state index in [2.05, 4.69) is 10.4 Å². The molecule has 3 rings (SSSR count). The molecule has 1 N–H and O–H groups in total. The Kier molecular flexibility index (Phi) is 6.22. The summed E-state index contributed by atoms with van der Waals surface area (Å²) in [6, 6.07) is 22.4. The smallest absolute Gasteiger partial charge is 0.271 e. The van der Waals surface area contributed by atoms with Crippen molar-refractivity contribution in [3.63, 3.8) is 0 Å². The monoisotopic (exact) mass is 365 g/mol. The van der Waals surface area contributed by atoms with E-state index in [0.29, 0.717) is 13.1 Å². The van der Waals surface area contributed by atoms with Crippen molar-refractivity contribution in [2.75, 3.05) is 12.3 Å². The van der Waals surface area contributed by atoms with Crippen LogP contribution in [0.1, 0.15) is 16.1 Å². The first-order valence-electron chi connectivity index (χ1n) is 8.30. The average molecular weight is 365 g/mol. The lowest BCUT2D eigenvalue weighted by atomic mass is 10.2. The highest BCUT2D eigenvalue weighted by molar-refractivity contribution is 7.99. The first kappa shape index (κ1) is 17.9. The molecule has 0 atom stereocenters. The molecule has 0 spiro atoms. The molecule has 0 unspecified atom stereocenters. The second-order valence-corrected chi connectivity index (χ2v) is 6.79. The molecular weight excluding hydrogens is 346 g/mol. The lowest BCUT2D eigenvalue weighted by Gasteiger charge is -2.08. The second-order valence-electron chi connectivity index (χ2n) is 5.62. The van der Waals surface area contributed by atoms with Crippen LogP contribution in [0.15, 0.2) is 82.5 Å². The Hall–Kier alpha value is -2.86. The topological polar surface area (TPSA) is 64.0 Å². The van der Waals surface area contributed by atoms with Gasteiger partial charge in [0.25, 0.3) is 11.5 Å².